The average Bonchev–Trinajstić information content (AvgIpc) is 2.64. The van der Waals surface area contributed by atoms with E-state index in [1.165, 1.54) is 0 Å². The first-order valence-corrected chi connectivity index (χ1v) is 5.22. The van der Waals surface area contributed by atoms with E-state index in [1.807, 2.05) is 20.0 Å². The summed E-state index contributed by atoms with van der Waals surface area (Å²) in [5, 5.41) is 3.28. The number of hydrogen-bond donors (Lipinski definition) is 2. The molecule has 82 valence electrons. The molecule has 5 heteroatoms. The fourth-order valence-corrected chi connectivity index (χ4v) is 1.94. The van der Waals surface area contributed by atoms with Gasteiger partial charge in [-0.25, -0.2) is 4.98 Å². The summed E-state index contributed by atoms with van der Waals surface area (Å²) in [6.07, 6.45) is 1.15. The summed E-state index contributed by atoms with van der Waals surface area (Å²) in [5.41, 5.74) is 6.55. The predicted molar refractivity (Wildman–Crippen MR) is 60.9 cm³/mol. The van der Waals surface area contributed by atoms with Gasteiger partial charge in [-0.1, -0.05) is 0 Å². The molecule has 1 aliphatic heterocycles. The Morgan fingerprint density at radius 3 is 2.93 bits per heavy atom. The van der Waals surface area contributed by atoms with Gasteiger partial charge in [0.25, 0.3) is 0 Å². The molecule has 1 aromatic heterocycles. The second-order valence-corrected chi connectivity index (χ2v) is 3.95. The Morgan fingerprint density at radius 1 is 1.53 bits per heavy atom. The van der Waals surface area contributed by atoms with Gasteiger partial charge in [0.2, 0.25) is 5.95 Å². The smallest absolute Gasteiger partial charge is 0.222 e. The maximum Gasteiger partial charge on any atom is 0.222 e. The van der Waals surface area contributed by atoms with Crippen molar-refractivity contribution in [2.24, 2.45) is 0 Å². The van der Waals surface area contributed by atoms with Gasteiger partial charge in [-0.2, -0.15) is 4.98 Å². The monoisotopic (exact) mass is 207 g/mol. The Bertz CT molecular complexity index is 331. The van der Waals surface area contributed by atoms with Gasteiger partial charge >= 0.3 is 0 Å². The average molecular weight is 207 g/mol. The van der Waals surface area contributed by atoms with Crippen molar-refractivity contribution in [1.29, 1.82) is 0 Å². The summed E-state index contributed by atoms with van der Waals surface area (Å²) < 4.78 is 0. The van der Waals surface area contributed by atoms with E-state index in [0.717, 1.165) is 31.0 Å². The van der Waals surface area contributed by atoms with Crippen LogP contribution in [0.15, 0.2) is 6.07 Å². The zero-order valence-electron chi connectivity index (χ0n) is 9.20. The van der Waals surface area contributed by atoms with Gasteiger partial charge in [-0.05, 0) is 20.4 Å². The highest BCUT2D eigenvalue weighted by atomic mass is 15.2. The molecule has 0 amide bonds. The van der Waals surface area contributed by atoms with Gasteiger partial charge in [0, 0.05) is 30.9 Å². The Kier molecular flexibility index (Phi) is 2.73. The number of nitrogen functional groups attached to an aromatic ring is 1. The standard InChI is InChI=1S/C10H17N5/c1-7-5-9(14-10(11)13-7)15-4-3-8(6-15)12-2/h5,8,12H,3-4,6H2,1-2H3,(H2,11,13,14)/t8-/m1/s1. The largest absolute Gasteiger partial charge is 0.368 e. The van der Waals surface area contributed by atoms with Gasteiger partial charge in [0.05, 0.1) is 0 Å². The fourth-order valence-electron chi connectivity index (χ4n) is 1.94. The zero-order valence-corrected chi connectivity index (χ0v) is 9.20. The molecule has 2 rings (SSSR count). The number of aryl methyl sites for hydroxylation is 1. The molecule has 1 aromatic rings. The molecule has 5 nitrogen and oxygen atoms in total. The van der Waals surface area contributed by atoms with Gasteiger partial charge in [0.15, 0.2) is 0 Å². The van der Waals surface area contributed by atoms with Crippen molar-refractivity contribution in [2.45, 2.75) is 19.4 Å². The summed E-state index contributed by atoms with van der Waals surface area (Å²) in [7, 11) is 1.99. The van der Waals surface area contributed by atoms with E-state index < -0.39 is 0 Å². The van der Waals surface area contributed by atoms with Crippen LogP contribution in [0.4, 0.5) is 11.8 Å². The van der Waals surface area contributed by atoms with E-state index in [-0.39, 0.29) is 0 Å². The van der Waals surface area contributed by atoms with E-state index >= 15 is 0 Å². The van der Waals surface area contributed by atoms with Crippen molar-refractivity contribution in [3.8, 4) is 0 Å². The van der Waals surface area contributed by atoms with Crippen LogP contribution in [-0.4, -0.2) is 36.1 Å². The van der Waals surface area contributed by atoms with Gasteiger partial charge < -0.3 is 16.0 Å². The number of rotatable bonds is 2. The third kappa shape index (κ3) is 2.18. The normalized spacial score (nSPS) is 20.9. The summed E-state index contributed by atoms with van der Waals surface area (Å²) in [5.74, 6) is 1.30. The maximum absolute atomic E-state index is 5.63. The lowest BCUT2D eigenvalue weighted by molar-refractivity contribution is 0.616. The van der Waals surface area contributed by atoms with Crippen LogP contribution in [0.3, 0.4) is 0 Å². The molecule has 3 N–H and O–H groups in total. The Morgan fingerprint density at radius 2 is 2.33 bits per heavy atom. The van der Waals surface area contributed by atoms with Crippen LogP contribution in [0, 0.1) is 6.92 Å². The molecule has 1 fully saturated rings. The van der Waals surface area contributed by atoms with Crippen molar-refractivity contribution in [1.82, 2.24) is 15.3 Å². The molecule has 0 aromatic carbocycles. The second-order valence-electron chi connectivity index (χ2n) is 3.95. The van der Waals surface area contributed by atoms with Crippen LogP contribution in [0.2, 0.25) is 0 Å². The topological polar surface area (TPSA) is 67.1 Å². The molecule has 0 radical (unpaired) electrons. The highest BCUT2D eigenvalue weighted by molar-refractivity contribution is 5.44. The van der Waals surface area contributed by atoms with E-state index in [0.29, 0.717) is 12.0 Å². The van der Waals surface area contributed by atoms with Gasteiger partial charge in [0.1, 0.15) is 5.82 Å². The molecular weight excluding hydrogens is 190 g/mol. The van der Waals surface area contributed by atoms with Crippen LogP contribution in [0.1, 0.15) is 12.1 Å². The van der Waals surface area contributed by atoms with Crippen LogP contribution in [0.25, 0.3) is 0 Å². The summed E-state index contributed by atoms with van der Waals surface area (Å²) in [4.78, 5) is 10.6. The third-order valence-electron chi connectivity index (χ3n) is 2.78. The number of likely N-dealkylation sites (N-methyl/N-ethyl adjacent to an activating group) is 1. The van der Waals surface area contributed by atoms with E-state index in [2.05, 4.69) is 20.2 Å². The predicted octanol–water partition coefficient (Wildman–Crippen LogP) is 0.165. The van der Waals surface area contributed by atoms with Crippen molar-refractivity contribution in [3.05, 3.63) is 11.8 Å². The lowest BCUT2D eigenvalue weighted by Gasteiger charge is -2.17. The number of nitrogens with zero attached hydrogens (tertiary/aromatic N) is 3. The minimum Gasteiger partial charge on any atom is -0.368 e. The SMILES string of the molecule is CN[C@@H]1CCN(c2cc(C)nc(N)n2)C1. The Balaban J connectivity index is 2.16. The number of nitrogens with two attached hydrogens (primary N) is 1. The van der Waals surface area contributed by atoms with E-state index in [1.54, 1.807) is 0 Å². The first kappa shape index (κ1) is 10.2. The Hall–Kier alpha value is -1.36. The highest BCUT2D eigenvalue weighted by Gasteiger charge is 2.22. The minimum absolute atomic E-state index is 0.359. The third-order valence-corrected chi connectivity index (χ3v) is 2.78. The van der Waals surface area contributed by atoms with Crippen LogP contribution >= 0.6 is 0 Å². The van der Waals surface area contributed by atoms with Crippen molar-refractivity contribution >= 4 is 11.8 Å². The van der Waals surface area contributed by atoms with Crippen molar-refractivity contribution in [3.63, 3.8) is 0 Å². The molecule has 0 saturated carbocycles. The van der Waals surface area contributed by atoms with Crippen molar-refractivity contribution in [2.75, 3.05) is 30.8 Å². The number of anilines is 2. The highest BCUT2D eigenvalue weighted by Crippen LogP contribution is 2.19. The molecule has 0 aliphatic carbocycles. The maximum atomic E-state index is 5.63. The molecule has 1 saturated heterocycles. The molecule has 0 spiro atoms. The lowest BCUT2D eigenvalue weighted by Crippen LogP contribution is -2.30. The number of aromatic nitrogens is 2. The van der Waals surface area contributed by atoms with E-state index in [9.17, 15) is 0 Å². The van der Waals surface area contributed by atoms with Gasteiger partial charge in [-0.3, -0.25) is 0 Å². The molecule has 15 heavy (non-hydrogen) atoms. The quantitative estimate of drug-likeness (QED) is 0.723. The first-order chi connectivity index (χ1) is 7.19. The molecule has 1 atom stereocenters. The van der Waals surface area contributed by atoms with Crippen molar-refractivity contribution < 1.29 is 0 Å². The lowest BCUT2D eigenvalue weighted by atomic mass is 10.3. The zero-order chi connectivity index (χ0) is 10.8. The first-order valence-electron chi connectivity index (χ1n) is 5.22. The number of nitrogens with one attached hydrogen (secondary N) is 1. The minimum atomic E-state index is 0.359. The number of hydrogen-bond acceptors (Lipinski definition) is 5. The Labute approximate surface area is 89.7 Å². The van der Waals surface area contributed by atoms with Crippen LogP contribution in [-0.2, 0) is 0 Å². The molecule has 0 bridgehead atoms. The molecule has 0 unspecified atom stereocenters. The summed E-state index contributed by atoms with van der Waals surface area (Å²) in [6.45, 7) is 3.96. The molecule has 2 heterocycles. The summed E-state index contributed by atoms with van der Waals surface area (Å²) in [6, 6.07) is 2.54. The molecule has 1 aliphatic rings. The second kappa shape index (κ2) is 4.02. The summed E-state index contributed by atoms with van der Waals surface area (Å²) >= 11 is 0. The fraction of sp³-hybridized carbons (Fsp3) is 0.600. The molecular formula is C10H17N5. The van der Waals surface area contributed by atoms with E-state index in [4.69, 9.17) is 5.73 Å². The van der Waals surface area contributed by atoms with Crippen LogP contribution < -0.4 is 16.0 Å². The van der Waals surface area contributed by atoms with Gasteiger partial charge in [-0.15, -0.1) is 0 Å². The van der Waals surface area contributed by atoms with Crippen LogP contribution in [0.5, 0.6) is 0 Å².